The molecule has 0 radical (unpaired) electrons. The molecule has 140 valence electrons. The summed E-state index contributed by atoms with van der Waals surface area (Å²) in [6, 6.07) is 5.60. The molecule has 0 saturated heterocycles. The Bertz CT molecular complexity index is 585. The van der Waals surface area contributed by atoms with Gasteiger partial charge in [-0.15, -0.1) is 0 Å². The first-order valence-electron chi connectivity index (χ1n) is 8.50. The van der Waals surface area contributed by atoms with Crippen LogP contribution in [0.25, 0.3) is 0 Å². The fourth-order valence-electron chi connectivity index (χ4n) is 2.72. The molecule has 1 unspecified atom stereocenters. The molecule has 1 N–H and O–H groups in total. The van der Waals surface area contributed by atoms with Crippen LogP contribution in [0.2, 0.25) is 0 Å². The van der Waals surface area contributed by atoms with Gasteiger partial charge >= 0.3 is 5.97 Å². The maximum Gasteiger partial charge on any atom is 0.305 e. The Morgan fingerprint density at radius 2 is 1.76 bits per heavy atom. The molecule has 0 aliphatic rings. The van der Waals surface area contributed by atoms with Crippen LogP contribution in [-0.4, -0.2) is 49.2 Å². The highest BCUT2D eigenvalue weighted by Gasteiger charge is 2.22. The van der Waals surface area contributed by atoms with E-state index in [1.165, 1.54) is 0 Å². The Morgan fingerprint density at radius 1 is 1.12 bits per heavy atom. The van der Waals surface area contributed by atoms with Crippen LogP contribution in [0.1, 0.15) is 32.8 Å². The summed E-state index contributed by atoms with van der Waals surface area (Å²) in [5.74, 6) is 0.396. The summed E-state index contributed by atoms with van der Waals surface area (Å²) in [6.45, 7) is 6.69. The first-order valence-corrected chi connectivity index (χ1v) is 8.50. The minimum atomic E-state index is -0.894. The highest BCUT2D eigenvalue weighted by atomic mass is 16.5. The fourth-order valence-corrected chi connectivity index (χ4v) is 2.72. The number of ether oxygens (including phenoxy) is 2. The number of rotatable bonds is 10. The molecule has 1 aromatic carbocycles. The molecular weight excluding hydrogens is 322 g/mol. The van der Waals surface area contributed by atoms with Crippen molar-refractivity contribution in [3.8, 4) is 11.5 Å². The van der Waals surface area contributed by atoms with E-state index < -0.39 is 5.97 Å². The van der Waals surface area contributed by atoms with Gasteiger partial charge < -0.3 is 19.5 Å². The number of carbonyl (C=O) groups is 2. The van der Waals surface area contributed by atoms with E-state index >= 15 is 0 Å². The topological polar surface area (TPSA) is 76.1 Å². The largest absolute Gasteiger partial charge is 0.493 e. The van der Waals surface area contributed by atoms with Crippen molar-refractivity contribution in [3.63, 3.8) is 0 Å². The molecule has 0 aliphatic carbocycles. The van der Waals surface area contributed by atoms with Crippen LogP contribution in [0.15, 0.2) is 18.2 Å². The summed E-state index contributed by atoms with van der Waals surface area (Å²) in [5, 5.41) is 8.90. The van der Waals surface area contributed by atoms with Crippen molar-refractivity contribution < 1.29 is 24.2 Å². The van der Waals surface area contributed by atoms with Crippen LogP contribution < -0.4 is 9.47 Å². The molecule has 0 spiro atoms. The second-order valence-corrected chi connectivity index (χ2v) is 6.62. The number of carbonyl (C=O) groups excluding carboxylic acids is 1. The van der Waals surface area contributed by atoms with Gasteiger partial charge in [0.2, 0.25) is 5.91 Å². The molecule has 0 aromatic heterocycles. The molecule has 6 heteroatoms. The quantitative estimate of drug-likeness (QED) is 0.701. The molecule has 6 nitrogen and oxygen atoms in total. The molecular formula is C19H29NO5. The lowest BCUT2D eigenvalue weighted by molar-refractivity contribution is -0.139. The van der Waals surface area contributed by atoms with Crippen molar-refractivity contribution in [3.05, 3.63) is 23.8 Å². The molecule has 1 rings (SSSR count). The van der Waals surface area contributed by atoms with Gasteiger partial charge in [0, 0.05) is 19.0 Å². The third-order valence-corrected chi connectivity index (χ3v) is 3.90. The van der Waals surface area contributed by atoms with E-state index in [2.05, 4.69) is 0 Å². The molecule has 1 amide bonds. The Balaban J connectivity index is 2.82. The number of benzene rings is 1. The SMILES string of the molecule is COc1ccc(CC(C)C(=O)N(CCC(=O)O)CC(C)C)cc1OC. The summed E-state index contributed by atoms with van der Waals surface area (Å²) < 4.78 is 10.5. The lowest BCUT2D eigenvalue weighted by Gasteiger charge is -2.27. The zero-order valence-electron chi connectivity index (χ0n) is 15.7. The highest BCUT2D eigenvalue weighted by molar-refractivity contribution is 5.79. The molecule has 1 atom stereocenters. The number of nitrogens with zero attached hydrogens (tertiary/aromatic N) is 1. The Morgan fingerprint density at radius 3 is 2.28 bits per heavy atom. The first-order chi connectivity index (χ1) is 11.8. The van der Waals surface area contributed by atoms with Crippen molar-refractivity contribution >= 4 is 11.9 Å². The van der Waals surface area contributed by atoms with Gasteiger partial charge in [-0.1, -0.05) is 26.8 Å². The number of amides is 1. The van der Waals surface area contributed by atoms with Crippen molar-refractivity contribution in [1.82, 2.24) is 4.90 Å². The van der Waals surface area contributed by atoms with Gasteiger partial charge in [0.15, 0.2) is 11.5 Å². The van der Waals surface area contributed by atoms with Gasteiger partial charge in [0.1, 0.15) is 0 Å². The van der Waals surface area contributed by atoms with Crippen LogP contribution in [0, 0.1) is 11.8 Å². The number of methoxy groups -OCH3 is 2. The average Bonchev–Trinajstić information content (AvgIpc) is 2.57. The Hall–Kier alpha value is -2.24. The first kappa shape index (κ1) is 20.8. The standard InChI is InChI=1S/C19H29NO5/c1-13(2)12-20(9-8-18(21)22)19(23)14(3)10-15-6-7-16(24-4)17(11-15)25-5/h6-7,11,13-14H,8-10,12H2,1-5H3,(H,21,22). The second kappa shape index (κ2) is 9.91. The monoisotopic (exact) mass is 351 g/mol. The second-order valence-electron chi connectivity index (χ2n) is 6.62. The maximum atomic E-state index is 12.8. The molecule has 0 bridgehead atoms. The van der Waals surface area contributed by atoms with Crippen molar-refractivity contribution in [2.75, 3.05) is 27.3 Å². The van der Waals surface area contributed by atoms with E-state index in [1.54, 1.807) is 19.1 Å². The van der Waals surface area contributed by atoms with Crippen LogP contribution in [0.5, 0.6) is 11.5 Å². The average molecular weight is 351 g/mol. The maximum absolute atomic E-state index is 12.8. The van der Waals surface area contributed by atoms with E-state index in [9.17, 15) is 9.59 Å². The van der Waals surface area contributed by atoms with Gasteiger partial charge in [-0.2, -0.15) is 0 Å². The number of carboxylic acids is 1. The minimum absolute atomic E-state index is 0.0234. The van der Waals surface area contributed by atoms with E-state index in [-0.39, 0.29) is 30.7 Å². The molecule has 1 aromatic rings. The predicted octanol–water partition coefficient (Wildman–Crippen LogP) is 2.84. The van der Waals surface area contributed by atoms with Gasteiger partial charge in [-0.25, -0.2) is 0 Å². The molecule has 0 saturated carbocycles. The summed E-state index contributed by atoms with van der Waals surface area (Å²) in [6.07, 6.45) is 0.516. The fraction of sp³-hybridized carbons (Fsp3) is 0.579. The third-order valence-electron chi connectivity index (χ3n) is 3.90. The lowest BCUT2D eigenvalue weighted by atomic mass is 9.98. The summed E-state index contributed by atoms with van der Waals surface area (Å²) in [5.41, 5.74) is 0.973. The number of aliphatic carboxylic acids is 1. The van der Waals surface area contributed by atoms with E-state index in [0.29, 0.717) is 24.5 Å². The summed E-state index contributed by atoms with van der Waals surface area (Å²) in [7, 11) is 3.16. The van der Waals surface area contributed by atoms with E-state index in [4.69, 9.17) is 14.6 Å². The zero-order chi connectivity index (χ0) is 19.0. The van der Waals surface area contributed by atoms with Gasteiger partial charge in [0.05, 0.1) is 20.6 Å². The number of carboxylic acid groups (broad SMARTS) is 1. The number of hydrogen-bond donors (Lipinski definition) is 1. The third kappa shape index (κ3) is 6.64. The van der Waals surface area contributed by atoms with E-state index in [0.717, 1.165) is 5.56 Å². The van der Waals surface area contributed by atoms with Crippen LogP contribution in [0.4, 0.5) is 0 Å². The molecule has 0 fully saturated rings. The molecule has 0 heterocycles. The predicted molar refractivity (Wildman–Crippen MR) is 96.1 cm³/mol. The van der Waals surface area contributed by atoms with Crippen LogP contribution in [0.3, 0.4) is 0 Å². The smallest absolute Gasteiger partial charge is 0.305 e. The highest BCUT2D eigenvalue weighted by Crippen LogP contribution is 2.28. The van der Waals surface area contributed by atoms with Crippen LogP contribution in [-0.2, 0) is 16.0 Å². The molecule has 0 aliphatic heterocycles. The Kier molecular flexibility index (Phi) is 8.25. The lowest BCUT2D eigenvalue weighted by Crippen LogP contribution is -2.39. The molecule has 25 heavy (non-hydrogen) atoms. The summed E-state index contributed by atoms with van der Waals surface area (Å²) in [4.78, 5) is 25.2. The number of hydrogen-bond acceptors (Lipinski definition) is 4. The minimum Gasteiger partial charge on any atom is -0.493 e. The zero-order valence-corrected chi connectivity index (χ0v) is 15.7. The van der Waals surface area contributed by atoms with Gasteiger partial charge in [-0.05, 0) is 30.0 Å². The van der Waals surface area contributed by atoms with E-state index in [1.807, 2.05) is 39.0 Å². The normalized spacial score (nSPS) is 11.9. The Labute approximate surface area is 149 Å². The van der Waals surface area contributed by atoms with Gasteiger partial charge in [0.25, 0.3) is 0 Å². The van der Waals surface area contributed by atoms with Crippen molar-refractivity contribution in [2.45, 2.75) is 33.6 Å². The van der Waals surface area contributed by atoms with Crippen LogP contribution >= 0.6 is 0 Å². The van der Waals surface area contributed by atoms with Crippen molar-refractivity contribution in [2.24, 2.45) is 11.8 Å². The van der Waals surface area contributed by atoms with Gasteiger partial charge in [-0.3, -0.25) is 9.59 Å². The van der Waals surface area contributed by atoms with Crippen molar-refractivity contribution in [1.29, 1.82) is 0 Å². The summed E-state index contributed by atoms with van der Waals surface area (Å²) >= 11 is 0.